The Labute approximate surface area is 186 Å². The highest BCUT2D eigenvalue weighted by atomic mass is 127. The van der Waals surface area contributed by atoms with Crippen molar-refractivity contribution < 1.29 is 9.53 Å². The van der Waals surface area contributed by atoms with Crippen LogP contribution in [0.3, 0.4) is 0 Å². The van der Waals surface area contributed by atoms with Gasteiger partial charge in [-0.05, 0) is 38.8 Å². The van der Waals surface area contributed by atoms with Crippen LogP contribution in [-0.2, 0) is 4.79 Å². The Bertz CT molecular complexity index is 602. The zero-order valence-electron chi connectivity index (χ0n) is 17.5. The number of hydrogen-bond donors (Lipinski definition) is 2. The maximum absolute atomic E-state index is 12.1. The van der Waals surface area contributed by atoms with Gasteiger partial charge in [0.1, 0.15) is 11.9 Å². The van der Waals surface area contributed by atoms with Gasteiger partial charge in [-0.15, -0.1) is 24.0 Å². The van der Waals surface area contributed by atoms with Crippen LogP contribution in [0.25, 0.3) is 0 Å². The average molecular weight is 502 g/mol. The van der Waals surface area contributed by atoms with Crippen molar-refractivity contribution in [2.45, 2.75) is 52.7 Å². The number of para-hydroxylation sites is 1. The van der Waals surface area contributed by atoms with E-state index in [0.29, 0.717) is 12.6 Å². The van der Waals surface area contributed by atoms with Crippen molar-refractivity contribution in [2.24, 2.45) is 10.9 Å². The van der Waals surface area contributed by atoms with Gasteiger partial charge in [0.25, 0.3) is 0 Å². The third-order valence-corrected chi connectivity index (χ3v) is 4.57. The molecule has 0 bridgehead atoms. The standard InChI is InChI=1S/C21H34N4O2.HI/c1-5-22-21(23-15-17(4)27-19-9-7-6-8-10-19)24-18-11-13-25(14-12-18)20(26)16(2)3;/h6-10,16-18H,5,11-15H2,1-4H3,(H2,22,23,24);1H. The molecule has 2 rings (SSSR count). The van der Waals surface area contributed by atoms with Crippen LogP contribution >= 0.6 is 24.0 Å². The molecule has 0 radical (unpaired) electrons. The van der Waals surface area contributed by atoms with E-state index >= 15 is 0 Å². The van der Waals surface area contributed by atoms with Crippen molar-refractivity contribution in [3.63, 3.8) is 0 Å². The SMILES string of the molecule is CCNC(=NCC(C)Oc1ccccc1)NC1CCN(C(=O)C(C)C)CC1.I. The Balaban J connectivity index is 0.00000392. The first-order valence-electron chi connectivity index (χ1n) is 10.0. The minimum absolute atomic E-state index is 0. The number of carbonyl (C=O) groups is 1. The van der Waals surface area contributed by atoms with Gasteiger partial charge >= 0.3 is 0 Å². The minimum Gasteiger partial charge on any atom is -0.489 e. The summed E-state index contributed by atoms with van der Waals surface area (Å²) in [4.78, 5) is 18.8. The predicted octanol–water partition coefficient (Wildman–Crippen LogP) is 3.27. The van der Waals surface area contributed by atoms with Gasteiger partial charge in [0.05, 0.1) is 6.54 Å². The lowest BCUT2D eigenvalue weighted by molar-refractivity contribution is -0.135. The molecule has 1 amide bonds. The summed E-state index contributed by atoms with van der Waals surface area (Å²) in [5.41, 5.74) is 0. The van der Waals surface area contributed by atoms with E-state index in [-0.39, 0.29) is 41.9 Å². The molecule has 7 heteroatoms. The number of aliphatic imine (C=N–C) groups is 1. The number of amides is 1. The minimum atomic E-state index is -0.00614. The zero-order valence-corrected chi connectivity index (χ0v) is 19.8. The Morgan fingerprint density at radius 2 is 1.86 bits per heavy atom. The summed E-state index contributed by atoms with van der Waals surface area (Å²) in [7, 11) is 0. The van der Waals surface area contributed by atoms with E-state index in [1.54, 1.807) is 0 Å². The fraction of sp³-hybridized carbons (Fsp3) is 0.619. The summed E-state index contributed by atoms with van der Waals surface area (Å²) in [5, 5.41) is 6.81. The molecule has 1 unspecified atom stereocenters. The van der Waals surface area contributed by atoms with E-state index in [4.69, 9.17) is 4.74 Å². The van der Waals surface area contributed by atoms with Gasteiger partial charge in [-0.1, -0.05) is 32.0 Å². The van der Waals surface area contributed by atoms with Crippen LogP contribution in [0, 0.1) is 5.92 Å². The van der Waals surface area contributed by atoms with Crippen LogP contribution in [-0.4, -0.2) is 55.1 Å². The molecule has 1 fully saturated rings. The van der Waals surface area contributed by atoms with Gasteiger partial charge in [-0.25, -0.2) is 4.99 Å². The Morgan fingerprint density at radius 1 is 1.21 bits per heavy atom. The smallest absolute Gasteiger partial charge is 0.225 e. The Kier molecular flexibility index (Phi) is 11.3. The number of hydrogen-bond acceptors (Lipinski definition) is 3. The highest BCUT2D eigenvalue weighted by Gasteiger charge is 2.24. The number of carbonyl (C=O) groups excluding carboxylic acids is 1. The van der Waals surface area contributed by atoms with Gasteiger partial charge < -0.3 is 20.3 Å². The molecular formula is C21H35IN4O2. The fourth-order valence-corrected chi connectivity index (χ4v) is 3.11. The maximum Gasteiger partial charge on any atom is 0.225 e. The maximum atomic E-state index is 12.1. The third kappa shape index (κ3) is 8.24. The van der Waals surface area contributed by atoms with Gasteiger partial charge in [0.15, 0.2) is 5.96 Å². The second-order valence-corrected chi connectivity index (χ2v) is 7.36. The van der Waals surface area contributed by atoms with Crippen molar-refractivity contribution in [2.75, 3.05) is 26.2 Å². The Hall–Kier alpha value is -1.51. The average Bonchev–Trinajstić information content (AvgIpc) is 2.67. The fourth-order valence-electron chi connectivity index (χ4n) is 3.11. The van der Waals surface area contributed by atoms with Crippen molar-refractivity contribution in [3.8, 4) is 5.75 Å². The normalized spacial score (nSPS) is 16.3. The lowest BCUT2D eigenvalue weighted by atomic mass is 10.0. The second-order valence-electron chi connectivity index (χ2n) is 7.36. The molecule has 0 aliphatic carbocycles. The highest BCUT2D eigenvalue weighted by molar-refractivity contribution is 14.0. The van der Waals surface area contributed by atoms with Crippen molar-refractivity contribution in [1.29, 1.82) is 0 Å². The van der Waals surface area contributed by atoms with Crippen LogP contribution in [0.1, 0.15) is 40.5 Å². The molecular weight excluding hydrogens is 467 g/mol. The predicted molar refractivity (Wildman–Crippen MR) is 126 cm³/mol. The number of ether oxygens (including phenoxy) is 1. The molecule has 1 aromatic carbocycles. The van der Waals surface area contributed by atoms with E-state index in [1.165, 1.54) is 0 Å². The molecule has 0 saturated carbocycles. The van der Waals surface area contributed by atoms with E-state index in [9.17, 15) is 4.79 Å². The van der Waals surface area contributed by atoms with Crippen LogP contribution in [0.5, 0.6) is 5.75 Å². The molecule has 1 atom stereocenters. The largest absolute Gasteiger partial charge is 0.489 e. The van der Waals surface area contributed by atoms with Crippen molar-refractivity contribution in [3.05, 3.63) is 30.3 Å². The first-order chi connectivity index (χ1) is 13.0. The molecule has 0 spiro atoms. The highest BCUT2D eigenvalue weighted by Crippen LogP contribution is 2.13. The summed E-state index contributed by atoms with van der Waals surface area (Å²) in [5.74, 6) is 2.00. The number of guanidine groups is 1. The molecule has 2 N–H and O–H groups in total. The number of benzene rings is 1. The van der Waals surface area contributed by atoms with E-state index < -0.39 is 0 Å². The molecule has 1 saturated heterocycles. The molecule has 158 valence electrons. The Morgan fingerprint density at radius 3 is 2.43 bits per heavy atom. The number of piperidine rings is 1. The quantitative estimate of drug-likeness (QED) is 0.341. The zero-order chi connectivity index (χ0) is 19.6. The number of halogens is 1. The first kappa shape index (κ1) is 24.5. The first-order valence-corrected chi connectivity index (χ1v) is 10.0. The molecule has 1 aromatic rings. The van der Waals surface area contributed by atoms with Crippen molar-refractivity contribution in [1.82, 2.24) is 15.5 Å². The van der Waals surface area contributed by atoms with Crippen LogP contribution in [0.2, 0.25) is 0 Å². The number of likely N-dealkylation sites (tertiary alicyclic amines) is 1. The summed E-state index contributed by atoms with van der Waals surface area (Å²) in [6.07, 6.45) is 1.88. The topological polar surface area (TPSA) is 66.0 Å². The van der Waals surface area contributed by atoms with Gasteiger partial charge in [0.2, 0.25) is 5.91 Å². The van der Waals surface area contributed by atoms with Gasteiger partial charge in [0, 0.05) is 31.6 Å². The number of rotatable bonds is 7. The van der Waals surface area contributed by atoms with E-state index in [1.807, 2.05) is 56.0 Å². The van der Waals surface area contributed by atoms with Gasteiger partial charge in [-0.3, -0.25) is 4.79 Å². The van der Waals surface area contributed by atoms with E-state index in [2.05, 4.69) is 22.5 Å². The molecule has 1 aliphatic rings. The van der Waals surface area contributed by atoms with E-state index in [0.717, 1.165) is 44.2 Å². The second kappa shape index (κ2) is 12.9. The van der Waals surface area contributed by atoms with Crippen LogP contribution in [0.4, 0.5) is 0 Å². The number of nitrogens with zero attached hydrogens (tertiary/aromatic N) is 2. The number of nitrogens with one attached hydrogen (secondary N) is 2. The van der Waals surface area contributed by atoms with Crippen LogP contribution in [0.15, 0.2) is 35.3 Å². The third-order valence-electron chi connectivity index (χ3n) is 4.57. The summed E-state index contributed by atoms with van der Waals surface area (Å²) in [6, 6.07) is 10.2. The summed E-state index contributed by atoms with van der Waals surface area (Å²) in [6.45, 7) is 11.0. The monoisotopic (exact) mass is 502 g/mol. The summed E-state index contributed by atoms with van der Waals surface area (Å²) >= 11 is 0. The van der Waals surface area contributed by atoms with Crippen LogP contribution < -0.4 is 15.4 Å². The molecule has 28 heavy (non-hydrogen) atoms. The van der Waals surface area contributed by atoms with Crippen molar-refractivity contribution >= 4 is 35.8 Å². The lowest BCUT2D eigenvalue weighted by Gasteiger charge is -2.34. The summed E-state index contributed by atoms with van der Waals surface area (Å²) < 4.78 is 5.89. The molecule has 0 aromatic heterocycles. The van der Waals surface area contributed by atoms with Gasteiger partial charge in [-0.2, -0.15) is 0 Å². The lowest BCUT2D eigenvalue weighted by Crippen LogP contribution is -2.50. The molecule has 1 aliphatic heterocycles. The molecule has 6 nitrogen and oxygen atoms in total. The molecule has 1 heterocycles.